The zero-order chi connectivity index (χ0) is 15.2. The summed E-state index contributed by atoms with van der Waals surface area (Å²) in [4.78, 5) is 11.4. The SMILES string of the molecule is COc1cccc(CC(CCC(C)(C)OC)C(=O)O)c1. The van der Waals surface area contributed by atoms with E-state index >= 15 is 0 Å². The molecule has 112 valence electrons. The lowest BCUT2D eigenvalue weighted by Gasteiger charge is -2.24. The Balaban J connectivity index is 2.69. The summed E-state index contributed by atoms with van der Waals surface area (Å²) in [5.41, 5.74) is 0.689. The van der Waals surface area contributed by atoms with Crippen LogP contribution in [0.25, 0.3) is 0 Å². The predicted molar refractivity (Wildman–Crippen MR) is 78.1 cm³/mol. The molecular formula is C16H24O4. The van der Waals surface area contributed by atoms with Crippen molar-refractivity contribution in [1.82, 2.24) is 0 Å². The Kier molecular flexibility index (Phi) is 6.02. The van der Waals surface area contributed by atoms with E-state index in [4.69, 9.17) is 9.47 Å². The zero-order valence-corrected chi connectivity index (χ0v) is 12.7. The fourth-order valence-corrected chi connectivity index (χ4v) is 2.02. The standard InChI is InChI=1S/C16H24O4/c1-16(2,20-4)9-8-13(15(17)18)10-12-6-5-7-14(11-12)19-3/h5-7,11,13H,8-10H2,1-4H3,(H,17,18). The average Bonchev–Trinajstić information content (AvgIpc) is 2.43. The number of carboxylic acids is 1. The summed E-state index contributed by atoms with van der Waals surface area (Å²) in [6.45, 7) is 3.94. The quantitative estimate of drug-likeness (QED) is 0.794. The Labute approximate surface area is 120 Å². The number of benzene rings is 1. The van der Waals surface area contributed by atoms with Crippen molar-refractivity contribution in [1.29, 1.82) is 0 Å². The number of rotatable bonds is 8. The Bertz CT molecular complexity index is 440. The van der Waals surface area contributed by atoms with Crippen LogP contribution in [-0.4, -0.2) is 30.9 Å². The highest BCUT2D eigenvalue weighted by atomic mass is 16.5. The number of carboxylic acid groups (broad SMARTS) is 1. The lowest BCUT2D eigenvalue weighted by atomic mass is 9.90. The maximum atomic E-state index is 11.4. The van der Waals surface area contributed by atoms with Crippen molar-refractivity contribution in [3.8, 4) is 5.75 Å². The van der Waals surface area contributed by atoms with Gasteiger partial charge in [0.05, 0.1) is 18.6 Å². The van der Waals surface area contributed by atoms with Crippen LogP contribution in [0.15, 0.2) is 24.3 Å². The van der Waals surface area contributed by atoms with Crippen LogP contribution in [0.1, 0.15) is 32.3 Å². The van der Waals surface area contributed by atoms with Crippen LogP contribution in [0, 0.1) is 5.92 Å². The van der Waals surface area contributed by atoms with Gasteiger partial charge in [-0.1, -0.05) is 12.1 Å². The molecule has 0 bridgehead atoms. The zero-order valence-electron chi connectivity index (χ0n) is 12.7. The second-order valence-electron chi connectivity index (χ2n) is 5.59. The molecule has 0 amide bonds. The van der Waals surface area contributed by atoms with Gasteiger partial charge >= 0.3 is 5.97 Å². The van der Waals surface area contributed by atoms with E-state index in [1.807, 2.05) is 38.1 Å². The Morgan fingerprint density at radius 1 is 1.35 bits per heavy atom. The van der Waals surface area contributed by atoms with Crippen molar-refractivity contribution >= 4 is 5.97 Å². The third-order valence-corrected chi connectivity index (χ3v) is 3.61. The molecule has 4 heteroatoms. The van der Waals surface area contributed by atoms with E-state index in [1.54, 1.807) is 14.2 Å². The van der Waals surface area contributed by atoms with E-state index in [9.17, 15) is 9.90 Å². The first-order valence-corrected chi connectivity index (χ1v) is 6.79. The highest BCUT2D eigenvalue weighted by Gasteiger charge is 2.23. The van der Waals surface area contributed by atoms with Crippen LogP contribution >= 0.6 is 0 Å². The molecule has 1 N–H and O–H groups in total. The topological polar surface area (TPSA) is 55.8 Å². The molecule has 0 fully saturated rings. The van der Waals surface area contributed by atoms with Gasteiger partial charge in [0.15, 0.2) is 0 Å². The first-order valence-electron chi connectivity index (χ1n) is 6.79. The minimum absolute atomic E-state index is 0.290. The van der Waals surface area contributed by atoms with E-state index in [0.717, 1.165) is 11.3 Å². The normalized spacial score (nSPS) is 13.0. The number of ether oxygens (including phenoxy) is 2. The van der Waals surface area contributed by atoms with Gasteiger partial charge in [-0.3, -0.25) is 4.79 Å². The summed E-state index contributed by atoms with van der Waals surface area (Å²) in [7, 11) is 3.26. The molecule has 0 aliphatic heterocycles. The van der Waals surface area contributed by atoms with Gasteiger partial charge in [-0.2, -0.15) is 0 Å². The Hall–Kier alpha value is -1.55. The number of aliphatic carboxylic acids is 1. The minimum atomic E-state index is -0.764. The molecule has 0 aliphatic rings. The second-order valence-corrected chi connectivity index (χ2v) is 5.59. The van der Waals surface area contributed by atoms with Crippen molar-refractivity contribution in [3.05, 3.63) is 29.8 Å². The minimum Gasteiger partial charge on any atom is -0.497 e. The first kappa shape index (κ1) is 16.5. The molecule has 0 aromatic heterocycles. The Morgan fingerprint density at radius 2 is 2.05 bits per heavy atom. The van der Waals surface area contributed by atoms with E-state index in [0.29, 0.717) is 19.3 Å². The molecule has 1 aromatic carbocycles. The fraction of sp³-hybridized carbons (Fsp3) is 0.562. The number of hydrogen-bond donors (Lipinski definition) is 1. The van der Waals surface area contributed by atoms with E-state index in [1.165, 1.54) is 0 Å². The highest BCUT2D eigenvalue weighted by molar-refractivity contribution is 5.70. The predicted octanol–water partition coefficient (Wildman–Crippen LogP) is 3.14. The largest absolute Gasteiger partial charge is 0.497 e. The van der Waals surface area contributed by atoms with Crippen molar-refractivity contribution in [2.24, 2.45) is 5.92 Å². The van der Waals surface area contributed by atoms with Crippen molar-refractivity contribution < 1.29 is 19.4 Å². The third kappa shape index (κ3) is 5.21. The summed E-state index contributed by atoms with van der Waals surface area (Å²) in [5, 5.41) is 9.36. The fourth-order valence-electron chi connectivity index (χ4n) is 2.02. The van der Waals surface area contributed by atoms with E-state index < -0.39 is 11.9 Å². The molecule has 1 aromatic rings. The Morgan fingerprint density at radius 3 is 2.60 bits per heavy atom. The lowest BCUT2D eigenvalue weighted by Crippen LogP contribution is -2.26. The van der Waals surface area contributed by atoms with Crippen molar-refractivity contribution in [2.45, 2.75) is 38.7 Å². The number of methoxy groups -OCH3 is 2. The second kappa shape index (κ2) is 7.29. The first-order chi connectivity index (χ1) is 9.38. The van der Waals surface area contributed by atoms with Crippen molar-refractivity contribution in [3.63, 3.8) is 0 Å². The number of hydrogen-bond acceptors (Lipinski definition) is 3. The molecule has 1 rings (SSSR count). The molecule has 0 aliphatic carbocycles. The highest BCUT2D eigenvalue weighted by Crippen LogP contribution is 2.23. The average molecular weight is 280 g/mol. The molecule has 20 heavy (non-hydrogen) atoms. The van der Waals surface area contributed by atoms with Gasteiger partial charge in [0.2, 0.25) is 0 Å². The van der Waals surface area contributed by atoms with Crippen LogP contribution in [0.5, 0.6) is 5.75 Å². The summed E-state index contributed by atoms with van der Waals surface area (Å²) in [6.07, 6.45) is 1.81. The van der Waals surface area contributed by atoms with E-state index in [2.05, 4.69) is 0 Å². The molecular weight excluding hydrogens is 256 g/mol. The molecule has 0 spiro atoms. The van der Waals surface area contributed by atoms with Crippen LogP contribution in [0.2, 0.25) is 0 Å². The summed E-state index contributed by atoms with van der Waals surface area (Å²) < 4.78 is 10.5. The summed E-state index contributed by atoms with van der Waals surface area (Å²) >= 11 is 0. The maximum absolute atomic E-state index is 11.4. The van der Waals surface area contributed by atoms with Gasteiger partial charge < -0.3 is 14.6 Å². The van der Waals surface area contributed by atoms with Gasteiger partial charge in [0.25, 0.3) is 0 Å². The monoisotopic (exact) mass is 280 g/mol. The van der Waals surface area contributed by atoms with Gasteiger partial charge in [-0.15, -0.1) is 0 Å². The molecule has 0 saturated carbocycles. The van der Waals surface area contributed by atoms with E-state index in [-0.39, 0.29) is 5.60 Å². The smallest absolute Gasteiger partial charge is 0.306 e. The number of carbonyl (C=O) groups is 1. The summed E-state index contributed by atoms with van der Waals surface area (Å²) in [6, 6.07) is 7.55. The lowest BCUT2D eigenvalue weighted by molar-refractivity contribution is -0.142. The van der Waals surface area contributed by atoms with Crippen molar-refractivity contribution in [2.75, 3.05) is 14.2 Å². The van der Waals surface area contributed by atoms with Gasteiger partial charge in [-0.05, 0) is 50.8 Å². The van der Waals surface area contributed by atoms with Crippen LogP contribution in [0.4, 0.5) is 0 Å². The summed E-state index contributed by atoms with van der Waals surface area (Å²) in [5.74, 6) is -0.417. The molecule has 0 heterocycles. The van der Waals surface area contributed by atoms with Gasteiger partial charge in [0.1, 0.15) is 5.75 Å². The van der Waals surface area contributed by atoms with Crippen LogP contribution in [0.3, 0.4) is 0 Å². The molecule has 1 atom stereocenters. The maximum Gasteiger partial charge on any atom is 0.306 e. The molecule has 0 radical (unpaired) electrons. The van der Waals surface area contributed by atoms with Crippen LogP contribution in [-0.2, 0) is 16.0 Å². The molecule has 0 saturated heterocycles. The molecule has 4 nitrogen and oxygen atoms in total. The molecule has 1 unspecified atom stereocenters. The van der Waals surface area contributed by atoms with Crippen LogP contribution < -0.4 is 4.74 Å². The third-order valence-electron chi connectivity index (χ3n) is 3.61. The van der Waals surface area contributed by atoms with Gasteiger partial charge in [0, 0.05) is 7.11 Å². The van der Waals surface area contributed by atoms with Gasteiger partial charge in [-0.25, -0.2) is 0 Å².